The van der Waals surface area contributed by atoms with Crippen LogP contribution in [0.4, 0.5) is 0 Å². The fourth-order valence-corrected chi connectivity index (χ4v) is 0.818. The number of nitrogens with one attached hydrogen (secondary N) is 1. The number of rotatable bonds is 5. The average molecular weight is 155 g/mol. The lowest BCUT2D eigenvalue weighted by molar-refractivity contribution is -0.112. The SMILES string of the molecule is CCCCN/C(C)=C/C(C)=O. The average Bonchev–Trinajstić information content (AvgIpc) is 1.86. The van der Waals surface area contributed by atoms with E-state index in [0.717, 1.165) is 18.7 Å². The summed E-state index contributed by atoms with van der Waals surface area (Å²) in [4.78, 5) is 10.6. The highest BCUT2D eigenvalue weighted by atomic mass is 16.1. The van der Waals surface area contributed by atoms with Crippen LogP contribution in [0.1, 0.15) is 33.6 Å². The van der Waals surface area contributed by atoms with E-state index < -0.39 is 0 Å². The van der Waals surface area contributed by atoms with Crippen LogP contribution in [0.5, 0.6) is 0 Å². The van der Waals surface area contributed by atoms with Gasteiger partial charge < -0.3 is 5.32 Å². The van der Waals surface area contributed by atoms with Crippen molar-refractivity contribution in [3.05, 3.63) is 11.8 Å². The first-order chi connectivity index (χ1) is 5.16. The van der Waals surface area contributed by atoms with Gasteiger partial charge in [0.2, 0.25) is 0 Å². The van der Waals surface area contributed by atoms with Crippen molar-refractivity contribution in [1.29, 1.82) is 0 Å². The molecule has 0 unspecified atom stereocenters. The van der Waals surface area contributed by atoms with E-state index in [-0.39, 0.29) is 5.78 Å². The second-order valence-corrected chi connectivity index (χ2v) is 2.72. The molecule has 0 saturated heterocycles. The fraction of sp³-hybridized carbons (Fsp3) is 0.667. The zero-order valence-corrected chi connectivity index (χ0v) is 7.61. The van der Waals surface area contributed by atoms with Crippen LogP contribution >= 0.6 is 0 Å². The van der Waals surface area contributed by atoms with Crippen LogP contribution in [-0.4, -0.2) is 12.3 Å². The molecule has 0 saturated carbocycles. The van der Waals surface area contributed by atoms with Crippen LogP contribution in [0.15, 0.2) is 11.8 Å². The molecule has 2 nitrogen and oxygen atoms in total. The highest BCUT2D eigenvalue weighted by Crippen LogP contribution is 1.89. The summed E-state index contributed by atoms with van der Waals surface area (Å²) in [7, 11) is 0. The Labute approximate surface area is 68.7 Å². The van der Waals surface area contributed by atoms with Crippen LogP contribution in [-0.2, 0) is 4.79 Å². The van der Waals surface area contributed by atoms with E-state index in [4.69, 9.17) is 0 Å². The normalized spacial score (nSPS) is 11.4. The zero-order chi connectivity index (χ0) is 8.69. The van der Waals surface area contributed by atoms with Crippen molar-refractivity contribution in [3.8, 4) is 0 Å². The first-order valence-corrected chi connectivity index (χ1v) is 4.09. The van der Waals surface area contributed by atoms with Gasteiger partial charge in [-0.2, -0.15) is 0 Å². The summed E-state index contributed by atoms with van der Waals surface area (Å²) in [5.41, 5.74) is 0.964. The molecule has 0 rings (SSSR count). The monoisotopic (exact) mass is 155 g/mol. The molecule has 0 aromatic carbocycles. The third-order valence-corrected chi connectivity index (χ3v) is 1.35. The molecule has 0 atom stereocenters. The first-order valence-electron chi connectivity index (χ1n) is 4.09. The number of carbonyl (C=O) groups is 1. The van der Waals surface area contributed by atoms with Crippen molar-refractivity contribution >= 4 is 5.78 Å². The van der Waals surface area contributed by atoms with Crippen molar-refractivity contribution in [2.75, 3.05) is 6.54 Å². The maximum atomic E-state index is 10.6. The van der Waals surface area contributed by atoms with E-state index in [1.54, 1.807) is 13.0 Å². The van der Waals surface area contributed by atoms with Gasteiger partial charge in [-0.3, -0.25) is 4.79 Å². The zero-order valence-electron chi connectivity index (χ0n) is 7.61. The summed E-state index contributed by atoms with van der Waals surface area (Å²) in [6.45, 7) is 6.58. The summed E-state index contributed by atoms with van der Waals surface area (Å²) in [5, 5.41) is 3.16. The van der Waals surface area contributed by atoms with E-state index in [1.165, 1.54) is 6.42 Å². The van der Waals surface area contributed by atoms with Crippen molar-refractivity contribution < 1.29 is 4.79 Å². The number of hydrogen-bond donors (Lipinski definition) is 1. The molecule has 11 heavy (non-hydrogen) atoms. The largest absolute Gasteiger partial charge is 0.388 e. The molecule has 0 radical (unpaired) electrons. The lowest BCUT2D eigenvalue weighted by Crippen LogP contribution is -2.13. The molecular formula is C9H17NO. The van der Waals surface area contributed by atoms with Gasteiger partial charge in [-0.15, -0.1) is 0 Å². The van der Waals surface area contributed by atoms with Crippen LogP contribution in [0.2, 0.25) is 0 Å². The number of hydrogen-bond acceptors (Lipinski definition) is 2. The molecule has 0 aliphatic carbocycles. The highest BCUT2D eigenvalue weighted by molar-refractivity contribution is 5.87. The number of allylic oxidation sites excluding steroid dienone is 2. The van der Waals surface area contributed by atoms with Gasteiger partial charge in [-0.1, -0.05) is 13.3 Å². The molecule has 0 bridgehead atoms. The van der Waals surface area contributed by atoms with E-state index in [0.29, 0.717) is 0 Å². The Kier molecular flexibility index (Phi) is 5.53. The summed E-state index contributed by atoms with van der Waals surface area (Å²) >= 11 is 0. The summed E-state index contributed by atoms with van der Waals surface area (Å²) in [6, 6.07) is 0. The Morgan fingerprint density at radius 2 is 2.09 bits per heavy atom. The maximum Gasteiger partial charge on any atom is 0.154 e. The van der Waals surface area contributed by atoms with Gasteiger partial charge in [0.15, 0.2) is 5.78 Å². The van der Waals surface area contributed by atoms with Gasteiger partial charge in [0, 0.05) is 12.2 Å². The topological polar surface area (TPSA) is 29.1 Å². The lowest BCUT2D eigenvalue weighted by atomic mass is 10.3. The standard InChI is InChI=1S/C9H17NO/c1-4-5-6-10-8(2)7-9(3)11/h7,10H,4-6H2,1-3H3/b8-7+. The van der Waals surface area contributed by atoms with E-state index in [9.17, 15) is 4.79 Å². The Hall–Kier alpha value is -0.790. The van der Waals surface area contributed by atoms with Gasteiger partial charge >= 0.3 is 0 Å². The maximum absolute atomic E-state index is 10.6. The molecule has 64 valence electrons. The van der Waals surface area contributed by atoms with Crippen LogP contribution in [0, 0.1) is 0 Å². The van der Waals surface area contributed by atoms with Gasteiger partial charge in [0.05, 0.1) is 0 Å². The minimum atomic E-state index is 0.103. The van der Waals surface area contributed by atoms with Crippen molar-refractivity contribution in [1.82, 2.24) is 5.32 Å². The molecule has 0 aromatic rings. The van der Waals surface area contributed by atoms with E-state index >= 15 is 0 Å². The molecular weight excluding hydrogens is 138 g/mol. The second kappa shape index (κ2) is 5.96. The number of unbranched alkanes of at least 4 members (excludes halogenated alkanes) is 1. The van der Waals surface area contributed by atoms with Gasteiger partial charge in [-0.05, 0) is 26.3 Å². The third-order valence-electron chi connectivity index (χ3n) is 1.35. The summed E-state index contributed by atoms with van der Waals surface area (Å²) in [6.07, 6.45) is 3.96. The molecule has 0 aromatic heterocycles. The molecule has 0 heterocycles. The smallest absolute Gasteiger partial charge is 0.154 e. The molecule has 0 aliphatic rings. The Balaban J connectivity index is 3.51. The van der Waals surface area contributed by atoms with Crippen molar-refractivity contribution in [2.45, 2.75) is 33.6 Å². The quantitative estimate of drug-likeness (QED) is 0.485. The summed E-state index contributed by atoms with van der Waals surface area (Å²) in [5.74, 6) is 0.103. The minimum absolute atomic E-state index is 0.103. The Morgan fingerprint density at radius 3 is 2.55 bits per heavy atom. The fourth-order valence-electron chi connectivity index (χ4n) is 0.818. The number of ketones is 1. The predicted molar refractivity (Wildman–Crippen MR) is 47.3 cm³/mol. The van der Waals surface area contributed by atoms with Crippen molar-refractivity contribution in [2.24, 2.45) is 0 Å². The molecule has 0 amide bonds. The molecule has 0 spiro atoms. The number of carbonyl (C=O) groups excluding carboxylic acids is 1. The predicted octanol–water partition coefficient (Wildman–Crippen LogP) is 1.87. The van der Waals surface area contributed by atoms with Crippen LogP contribution in [0.3, 0.4) is 0 Å². The second-order valence-electron chi connectivity index (χ2n) is 2.72. The van der Waals surface area contributed by atoms with Crippen LogP contribution < -0.4 is 5.32 Å². The Morgan fingerprint density at radius 1 is 1.45 bits per heavy atom. The van der Waals surface area contributed by atoms with Crippen molar-refractivity contribution in [3.63, 3.8) is 0 Å². The van der Waals surface area contributed by atoms with Crippen LogP contribution in [0.25, 0.3) is 0 Å². The molecule has 0 fully saturated rings. The molecule has 1 N–H and O–H groups in total. The molecule has 2 heteroatoms. The Bertz CT molecular complexity index is 150. The van der Waals surface area contributed by atoms with E-state index in [2.05, 4.69) is 12.2 Å². The molecule has 0 aliphatic heterocycles. The van der Waals surface area contributed by atoms with E-state index in [1.807, 2.05) is 6.92 Å². The van der Waals surface area contributed by atoms with Gasteiger partial charge in [-0.25, -0.2) is 0 Å². The van der Waals surface area contributed by atoms with Gasteiger partial charge in [0.1, 0.15) is 0 Å². The van der Waals surface area contributed by atoms with Gasteiger partial charge in [0.25, 0.3) is 0 Å². The third kappa shape index (κ3) is 7.10. The highest BCUT2D eigenvalue weighted by Gasteiger charge is 1.89. The first kappa shape index (κ1) is 10.2. The summed E-state index contributed by atoms with van der Waals surface area (Å²) < 4.78 is 0. The lowest BCUT2D eigenvalue weighted by Gasteiger charge is -2.03. The minimum Gasteiger partial charge on any atom is -0.388 e.